The SMILES string of the molecule is O[SiH2]C1=CC=CCC1. The number of hydrogen-bond donors (Lipinski definition) is 1. The highest BCUT2D eigenvalue weighted by Crippen LogP contribution is 2.08. The summed E-state index contributed by atoms with van der Waals surface area (Å²) in [4.78, 5) is 8.73. The molecule has 0 fully saturated rings. The molecule has 0 unspecified atom stereocenters. The van der Waals surface area contributed by atoms with Crippen molar-refractivity contribution in [3.63, 3.8) is 0 Å². The van der Waals surface area contributed by atoms with E-state index in [-0.39, 0.29) is 0 Å². The summed E-state index contributed by atoms with van der Waals surface area (Å²) in [7, 11) is -0.822. The Morgan fingerprint density at radius 2 is 2.50 bits per heavy atom. The average Bonchev–Trinajstić information content (AvgIpc) is 1.90. The van der Waals surface area contributed by atoms with Crippen LogP contribution in [0.2, 0.25) is 0 Å². The Morgan fingerprint density at radius 3 is 2.88 bits per heavy atom. The van der Waals surface area contributed by atoms with Gasteiger partial charge in [0.05, 0.1) is 0 Å². The lowest BCUT2D eigenvalue weighted by Gasteiger charge is -2.02. The molecule has 0 spiro atoms. The van der Waals surface area contributed by atoms with Crippen molar-refractivity contribution in [2.45, 2.75) is 12.8 Å². The first-order chi connectivity index (χ1) is 3.93. The summed E-state index contributed by atoms with van der Waals surface area (Å²) in [5.41, 5.74) is 0. The minimum absolute atomic E-state index is 0.822. The molecular formula is C6H10OSi. The maximum Gasteiger partial charge on any atom is 0.183 e. The summed E-state index contributed by atoms with van der Waals surface area (Å²) in [5, 5.41) is 1.28. The molecule has 0 radical (unpaired) electrons. The molecule has 1 aliphatic carbocycles. The second-order valence-electron chi connectivity index (χ2n) is 1.95. The smallest absolute Gasteiger partial charge is 0.183 e. The predicted octanol–water partition coefficient (Wildman–Crippen LogP) is 0.296. The van der Waals surface area contributed by atoms with Crippen molar-refractivity contribution in [3.8, 4) is 0 Å². The monoisotopic (exact) mass is 126 g/mol. The first-order valence-electron chi connectivity index (χ1n) is 2.89. The van der Waals surface area contributed by atoms with Crippen LogP contribution in [0.5, 0.6) is 0 Å². The van der Waals surface area contributed by atoms with Crippen LogP contribution in [-0.4, -0.2) is 14.6 Å². The fraction of sp³-hybridized carbons (Fsp3) is 0.333. The van der Waals surface area contributed by atoms with Crippen molar-refractivity contribution in [2.75, 3.05) is 0 Å². The van der Waals surface area contributed by atoms with Gasteiger partial charge in [-0.2, -0.15) is 0 Å². The summed E-state index contributed by atoms with van der Waals surface area (Å²) in [6.45, 7) is 0. The molecule has 1 rings (SSSR count). The second kappa shape index (κ2) is 2.84. The highest BCUT2D eigenvalue weighted by Gasteiger charge is 1.95. The third kappa shape index (κ3) is 1.32. The van der Waals surface area contributed by atoms with Gasteiger partial charge in [-0.05, 0) is 12.8 Å². The molecule has 0 aromatic carbocycles. The van der Waals surface area contributed by atoms with Crippen LogP contribution in [0.1, 0.15) is 12.8 Å². The van der Waals surface area contributed by atoms with Crippen LogP contribution in [0.4, 0.5) is 0 Å². The van der Waals surface area contributed by atoms with E-state index in [4.69, 9.17) is 4.80 Å². The van der Waals surface area contributed by atoms with E-state index >= 15 is 0 Å². The molecule has 0 aromatic rings. The third-order valence-corrected chi connectivity index (χ3v) is 2.30. The molecule has 0 saturated heterocycles. The molecule has 1 aliphatic rings. The van der Waals surface area contributed by atoms with Crippen LogP contribution < -0.4 is 0 Å². The molecule has 0 heterocycles. The standard InChI is InChI=1S/C6H10OSi/c7-8-6-4-2-1-3-5-6/h1-2,4,7H,3,5,8H2. The van der Waals surface area contributed by atoms with Crippen LogP contribution in [-0.2, 0) is 0 Å². The Morgan fingerprint density at radius 1 is 1.62 bits per heavy atom. The summed E-state index contributed by atoms with van der Waals surface area (Å²) in [6.07, 6.45) is 8.42. The predicted molar refractivity (Wildman–Crippen MR) is 37.2 cm³/mol. The maximum atomic E-state index is 8.73. The third-order valence-electron chi connectivity index (χ3n) is 1.30. The molecule has 0 amide bonds. The molecule has 8 heavy (non-hydrogen) atoms. The van der Waals surface area contributed by atoms with E-state index in [2.05, 4.69) is 6.08 Å². The molecule has 2 heteroatoms. The summed E-state index contributed by atoms with van der Waals surface area (Å²) in [5.74, 6) is 0. The van der Waals surface area contributed by atoms with Crippen LogP contribution in [0.3, 0.4) is 0 Å². The summed E-state index contributed by atoms with van der Waals surface area (Å²) < 4.78 is 0. The van der Waals surface area contributed by atoms with Crippen LogP contribution in [0, 0.1) is 0 Å². The topological polar surface area (TPSA) is 20.2 Å². The molecule has 44 valence electrons. The molecule has 0 aliphatic heterocycles. The first-order valence-corrected chi connectivity index (χ1v) is 4.23. The van der Waals surface area contributed by atoms with Crippen molar-refractivity contribution in [1.29, 1.82) is 0 Å². The Labute approximate surface area is 51.7 Å². The van der Waals surface area contributed by atoms with Crippen LogP contribution in [0.25, 0.3) is 0 Å². The minimum Gasteiger partial charge on any atom is -0.434 e. The van der Waals surface area contributed by atoms with E-state index in [0.717, 1.165) is 12.8 Å². The van der Waals surface area contributed by atoms with Gasteiger partial charge in [0.15, 0.2) is 9.76 Å². The lowest BCUT2D eigenvalue weighted by molar-refractivity contribution is 0.607. The van der Waals surface area contributed by atoms with Crippen LogP contribution in [0.15, 0.2) is 23.4 Å². The van der Waals surface area contributed by atoms with Crippen molar-refractivity contribution in [2.24, 2.45) is 0 Å². The highest BCUT2D eigenvalue weighted by molar-refractivity contribution is 6.36. The highest BCUT2D eigenvalue weighted by atomic mass is 28.2. The van der Waals surface area contributed by atoms with Gasteiger partial charge in [-0.15, -0.1) is 0 Å². The fourth-order valence-electron chi connectivity index (χ4n) is 0.784. The second-order valence-corrected chi connectivity index (χ2v) is 3.17. The van der Waals surface area contributed by atoms with Crippen molar-refractivity contribution >= 4 is 9.76 Å². The molecule has 0 saturated carbocycles. The number of rotatable bonds is 1. The molecule has 1 nitrogen and oxygen atoms in total. The maximum absolute atomic E-state index is 8.73. The van der Waals surface area contributed by atoms with Gasteiger partial charge in [-0.3, -0.25) is 0 Å². The average molecular weight is 126 g/mol. The van der Waals surface area contributed by atoms with Gasteiger partial charge in [0.25, 0.3) is 0 Å². The molecule has 0 bridgehead atoms. The van der Waals surface area contributed by atoms with E-state index < -0.39 is 9.76 Å². The zero-order valence-corrected chi connectivity index (χ0v) is 6.21. The van der Waals surface area contributed by atoms with E-state index in [1.807, 2.05) is 12.2 Å². The van der Waals surface area contributed by atoms with Gasteiger partial charge < -0.3 is 4.80 Å². The Hall–Kier alpha value is -0.343. The van der Waals surface area contributed by atoms with Gasteiger partial charge in [0, 0.05) is 0 Å². The number of allylic oxidation sites excluding steroid dienone is 4. The van der Waals surface area contributed by atoms with Gasteiger partial charge in [0.2, 0.25) is 0 Å². The van der Waals surface area contributed by atoms with Gasteiger partial charge in [0.1, 0.15) is 0 Å². The van der Waals surface area contributed by atoms with Gasteiger partial charge in [-0.25, -0.2) is 0 Å². The molecule has 0 atom stereocenters. The van der Waals surface area contributed by atoms with E-state index in [0.29, 0.717) is 0 Å². The quantitative estimate of drug-likeness (QED) is 0.501. The van der Waals surface area contributed by atoms with E-state index in [9.17, 15) is 0 Å². The van der Waals surface area contributed by atoms with Gasteiger partial charge in [-0.1, -0.05) is 23.4 Å². The lowest BCUT2D eigenvalue weighted by Crippen LogP contribution is -1.95. The summed E-state index contributed by atoms with van der Waals surface area (Å²) >= 11 is 0. The Kier molecular flexibility index (Phi) is 2.06. The van der Waals surface area contributed by atoms with Crippen molar-refractivity contribution in [1.82, 2.24) is 0 Å². The normalized spacial score (nSPS) is 19.9. The van der Waals surface area contributed by atoms with Gasteiger partial charge >= 0.3 is 0 Å². The zero-order chi connectivity index (χ0) is 5.82. The molecular weight excluding hydrogens is 116 g/mol. The summed E-state index contributed by atoms with van der Waals surface area (Å²) in [6, 6.07) is 0. The van der Waals surface area contributed by atoms with Crippen molar-refractivity contribution in [3.05, 3.63) is 23.4 Å². The zero-order valence-electron chi connectivity index (χ0n) is 4.80. The fourth-order valence-corrected chi connectivity index (χ4v) is 1.39. The van der Waals surface area contributed by atoms with Crippen molar-refractivity contribution < 1.29 is 4.80 Å². The van der Waals surface area contributed by atoms with Crippen LogP contribution >= 0.6 is 0 Å². The minimum atomic E-state index is -0.822. The van der Waals surface area contributed by atoms with E-state index in [1.54, 1.807) is 0 Å². The molecule has 1 N–H and O–H groups in total. The van der Waals surface area contributed by atoms with E-state index in [1.165, 1.54) is 5.20 Å². The lowest BCUT2D eigenvalue weighted by atomic mass is 10.2. The number of hydrogen-bond acceptors (Lipinski definition) is 1. The first kappa shape index (κ1) is 5.79. The Balaban J connectivity index is 2.50. The largest absolute Gasteiger partial charge is 0.434 e. The Bertz CT molecular complexity index is 126. The molecule has 0 aromatic heterocycles.